The van der Waals surface area contributed by atoms with Gasteiger partial charge in [0, 0.05) is 18.3 Å². The van der Waals surface area contributed by atoms with Crippen LogP contribution < -0.4 is 0 Å². The topological polar surface area (TPSA) is 89.7 Å². The standard InChI is InChI=1S/C9H9N7O/c17-9(4-16-6-12-13-14-16)15-2-7-1-10-5-11-8(7)3-15/h1,5-6H,2-4H2. The van der Waals surface area contributed by atoms with E-state index in [1.807, 2.05) is 0 Å². The van der Waals surface area contributed by atoms with Gasteiger partial charge in [-0.1, -0.05) is 0 Å². The van der Waals surface area contributed by atoms with E-state index in [1.54, 1.807) is 11.1 Å². The number of fused-ring (bicyclic) bond motifs is 1. The number of rotatable bonds is 2. The molecule has 2 aromatic heterocycles. The summed E-state index contributed by atoms with van der Waals surface area (Å²) >= 11 is 0. The third-order valence-corrected chi connectivity index (χ3v) is 2.62. The normalized spacial score (nSPS) is 13.8. The minimum absolute atomic E-state index is 0.0321. The summed E-state index contributed by atoms with van der Waals surface area (Å²) < 4.78 is 1.40. The number of hydrogen-bond donors (Lipinski definition) is 0. The van der Waals surface area contributed by atoms with Gasteiger partial charge in [-0.2, -0.15) is 0 Å². The minimum Gasteiger partial charge on any atom is -0.331 e. The van der Waals surface area contributed by atoms with E-state index in [1.165, 1.54) is 17.3 Å². The zero-order valence-corrected chi connectivity index (χ0v) is 8.89. The molecule has 0 fully saturated rings. The first-order chi connectivity index (χ1) is 8.33. The molecule has 1 amide bonds. The first-order valence-corrected chi connectivity index (χ1v) is 5.09. The minimum atomic E-state index is -0.0321. The molecule has 0 aromatic carbocycles. The summed E-state index contributed by atoms with van der Waals surface area (Å²) in [6.45, 7) is 1.23. The van der Waals surface area contributed by atoms with Gasteiger partial charge in [-0.15, -0.1) is 5.10 Å². The molecule has 86 valence electrons. The first-order valence-electron chi connectivity index (χ1n) is 5.09. The van der Waals surface area contributed by atoms with Crippen LogP contribution >= 0.6 is 0 Å². The average molecular weight is 231 g/mol. The number of nitrogens with zero attached hydrogens (tertiary/aromatic N) is 7. The quantitative estimate of drug-likeness (QED) is 0.659. The fourth-order valence-corrected chi connectivity index (χ4v) is 1.77. The summed E-state index contributed by atoms with van der Waals surface area (Å²) in [7, 11) is 0. The van der Waals surface area contributed by atoms with Gasteiger partial charge in [0.15, 0.2) is 0 Å². The number of carbonyl (C=O) groups is 1. The molecule has 3 heterocycles. The van der Waals surface area contributed by atoms with Crippen LogP contribution in [0, 0.1) is 0 Å². The largest absolute Gasteiger partial charge is 0.331 e. The molecule has 3 rings (SSSR count). The van der Waals surface area contributed by atoms with E-state index in [-0.39, 0.29) is 12.5 Å². The van der Waals surface area contributed by atoms with Crippen molar-refractivity contribution in [2.75, 3.05) is 0 Å². The van der Waals surface area contributed by atoms with Gasteiger partial charge in [0.25, 0.3) is 0 Å². The molecule has 0 unspecified atom stereocenters. The molecular formula is C9H9N7O. The highest BCUT2D eigenvalue weighted by Crippen LogP contribution is 2.19. The third kappa shape index (κ3) is 1.84. The van der Waals surface area contributed by atoms with Crippen LogP contribution in [0.2, 0.25) is 0 Å². The van der Waals surface area contributed by atoms with Crippen molar-refractivity contribution in [3.05, 3.63) is 30.1 Å². The van der Waals surface area contributed by atoms with Gasteiger partial charge >= 0.3 is 0 Å². The van der Waals surface area contributed by atoms with Gasteiger partial charge in [0.2, 0.25) is 5.91 Å². The molecule has 0 atom stereocenters. The molecule has 0 radical (unpaired) electrons. The van der Waals surface area contributed by atoms with E-state index >= 15 is 0 Å². The Balaban J connectivity index is 1.70. The maximum absolute atomic E-state index is 11.9. The Morgan fingerprint density at radius 2 is 2.35 bits per heavy atom. The molecule has 2 aromatic rings. The third-order valence-electron chi connectivity index (χ3n) is 2.62. The summed E-state index contributed by atoms with van der Waals surface area (Å²) in [5.41, 5.74) is 1.91. The first kappa shape index (κ1) is 9.82. The van der Waals surface area contributed by atoms with Crippen LogP contribution in [0.1, 0.15) is 11.3 Å². The van der Waals surface area contributed by atoms with E-state index < -0.39 is 0 Å². The van der Waals surface area contributed by atoms with Gasteiger partial charge in [0.1, 0.15) is 19.2 Å². The second-order valence-corrected chi connectivity index (χ2v) is 3.75. The van der Waals surface area contributed by atoms with Gasteiger partial charge in [-0.3, -0.25) is 4.79 Å². The van der Waals surface area contributed by atoms with Gasteiger partial charge < -0.3 is 4.90 Å². The molecule has 0 bridgehead atoms. The molecule has 0 spiro atoms. The summed E-state index contributed by atoms with van der Waals surface area (Å²) in [6.07, 6.45) is 4.65. The molecule has 1 aliphatic heterocycles. The Bertz CT molecular complexity index is 513. The lowest BCUT2D eigenvalue weighted by atomic mass is 10.3. The van der Waals surface area contributed by atoms with Crippen LogP contribution in [0.4, 0.5) is 0 Å². The Kier molecular flexibility index (Phi) is 2.25. The maximum Gasteiger partial charge on any atom is 0.245 e. The van der Waals surface area contributed by atoms with Crippen LogP contribution in [0.15, 0.2) is 18.9 Å². The highest BCUT2D eigenvalue weighted by molar-refractivity contribution is 5.76. The number of amides is 1. The van der Waals surface area contributed by atoms with Crippen LogP contribution in [0.5, 0.6) is 0 Å². The van der Waals surface area contributed by atoms with Crippen molar-refractivity contribution >= 4 is 5.91 Å². The van der Waals surface area contributed by atoms with Gasteiger partial charge in [-0.05, 0) is 10.4 Å². The lowest BCUT2D eigenvalue weighted by Gasteiger charge is -2.14. The molecule has 8 nitrogen and oxygen atoms in total. The SMILES string of the molecule is O=C(Cn1cnnn1)N1Cc2cncnc2C1. The van der Waals surface area contributed by atoms with Gasteiger partial charge in [0.05, 0.1) is 12.2 Å². The van der Waals surface area contributed by atoms with Crippen LogP contribution in [-0.4, -0.2) is 41.0 Å². The Labute approximate surface area is 96.3 Å². The zero-order chi connectivity index (χ0) is 11.7. The molecule has 8 heteroatoms. The Morgan fingerprint density at radius 3 is 3.12 bits per heavy atom. The fourth-order valence-electron chi connectivity index (χ4n) is 1.77. The molecule has 0 saturated heterocycles. The summed E-state index contributed by atoms with van der Waals surface area (Å²) in [6, 6.07) is 0. The maximum atomic E-state index is 11.9. The lowest BCUT2D eigenvalue weighted by molar-refractivity contribution is -0.132. The molecule has 0 saturated carbocycles. The van der Waals surface area contributed by atoms with Crippen molar-refractivity contribution in [2.45, 2.75) is 19.6 Å². The van der Waals surface area contributed by atoms with Crippen LogP contribution in [0.3, 0.4) is 0 Å². The average Bonchev–Trinajstić information content (AvgIpc) is 2.96. The van der Waals surface area contributed by atoms with Crippen molar-refractivity contribution in [3.63, 3.8) is 0 Å². The number of hydrogen-bond acceptors (Lipinski definition) is 6. The van der Waals surface area contributed by atoms with Crippen molar-refractivity contribution in [1.82, 2.24) is 35.1 Å². The van der Waals surface area contributed by atoms with E-state index in [0.717, 1.165) is 11.3 Å². The van der Waals surface area contributed by atoms with E-state index in [0.29, 0.717) is 13.1 Å². The predicted molar refractivity (Wildman–Crippen MR) is 54.1 cm³/mol. The number of carbonyl (C=O) groups excluding carboxylic acids is 1. The molecule has 1 aliphatic rings. The van der Waals surface area contributed by atoms with Crippen molar-refractivity contribution in [3.8, 4) is 0 Å². The second kappa shape index (κ2) is 3.89. The van der Waals surface area contributed by atoms with Gasteiger partial charge in [-0.25, -0.2) is 14.6 Å². The zero-order valence-electron chi connectivity index (χ0n) is 8.89. The van der Waals surface area contributed by atoms with Crippen LogP contribution in [-0.2, 0) is 24.4 Å². The lowest BCUT2D eigenvalue weighted by Crippen LogP contribution is -2.29. The van der Waals surface area contributed by atoms with E-state index in [9.17, 15) is 4.79 Å². The summed E-state index contributed by atoms with van der Waals surface area (Å²) in [5, 5.41) is 10.6. The van der Waals surface area contributed by atoms with E-state index in [2.05, 4.69) is 25.5 Å². The monoisotopic (exact) mass is 231 g/mol. The van der Waals surface area contributed by atoms with E-state index in [4.69, 9.17) is 0 Å². The highest BCUT2D eigenvalue weighted by atomic mass is 16.2. The number of tetrazole rings is 1. The Hall–Kier alpha value is -2.38. The van der Waals surface area contributed by atoms with Crippen molar-refractivity contribution < 1.29 is 4.79 Å². The number of aromatic nitrogens is 6. The van der Waals surface area contributed by atoms with Crippen molar-refractivity contribution in [1.29, 1.82) is 0 Å². The molecule has 0 N–H and O–H groups in total. The Morgan fingerprint density at radius 1 is 1.41 bits per heavy atom. The predicted octanol–water partition coefficient (Wildman–Crippen LogP) is -0.995. The fraction of sp³-hybridized carbons (Fsp3) is 0.333. The molecular weight excluding hydrogens is 222 g/mol. The smallest absolute Gasteiger partial charge is 0.245 e. The summed E-state index contributed by atoms with van der Waals surface area (Å²) in [5.74, 6) is -0.0321. The second-order valence-electron chi connectivity index (χ2n) is 3.75. The molecule has 0 aliphatic carbocycles. The van der Waals surface area contributed by atoms with Crippen LogP contribution in [0.25, 0.3) is 0 Å². The summed E-state index contributed by atoms with van der Waals surface area (Å²) in [4.78, 5) is 21.7. The van der Waals surface area contributed by atoms with Crippen molar-refractivity contribution in [2.24, 2.45) is 0 Å². The molecule has 17 heavy (non-hydrogen) atoms. The highest BCUT2D eigenvalue weighted by Gasteiger charge is 2.24.